The van der Waals surface area contributed by atoms with Gasteiger partial charge < -0.3 is 15.5 Å². The summed E-state index contributed by atoms with van der Waals surface area (Å²) in [6, 6.07) is 5.78. The maximum Gasteiger partial charge on any atom is 0.130 e. The van der Waals surface area contributed by atoms with Gasteiger partial charge >= 0.3 is 0 Å². The first kappa shape index (κ1) is 12.8. The highest BCUT2D eigenvalue weighted by molar-refractivity contribution is 5.44. The van der Waals surface area contributed by atoms with Gasteiger partial charge in [-0.25, -0.2) is 4.98 Å². The number of anilines is 2. The lowest BCUT2D eigenvalue weighted by Gasteiger charge is -2.22. The average molecular weight is 222 g/mol. The molecule has 0 unspecified atom stereocenters. The first-order valence-electron chi connectivity index (χ1n) is 5.75. The Morgan fingerprint density at radius 3 is 2.56 bits per heavy atom. The van der Waals surface area contributed by atoms with E-state index in [1.807, 2.05) is 18.2 Å². The highest BCUT2D eigenvalue weighted by atomic mass is 15.2. The van der Waals surface area contributed by atoms with E-state index in [0.29, 0.717) is 5.82 Å². The van der Waals surface area contributed by atoms with E-state index >= 15 is 0 Å². The maximum atomic E-state index is 5.68. The van der Waals surface area contributed by atoms with Crippen molar-refractivity contribution in [1.82, 2.24) is 9.88 Å². The van der Waals surface area contributed by atoms with E-state index < -0.39 is 0 Å². The van der Waals surface area contributed by atoms with Crippen molar-refractivity contribution < 1.29 is 0 Å². The lowest BCUT2D eigenvalue weighted by atomic mass is 10.3. The van der Waals surface area contributed by atoms with Gasteiger partial charge in [0.2, 0.25) is 0 Å². The van der Waals surface area contributed by atoms with Crippen molar-refractivity contribution in [2.75, 3.05) is 44.4 Å². The minimum Gasteiger partial charge on any atom is -0.384 e. The normalized spacial score (nSPS) is 10.8. The second-order valence-corrected chi connectivity index (χ2v) is 4.16. The standard InChI is InChI=1S/C12H22N4/c1-4-16(10-6-9-15(2)3)12-8-5-7-11(13)14-12/h5,7-8H,4,6,9-10H2,1-3H3,(H2,13,14). The van der Waals surface area contributed by atoms with E-state index in [4.69, 9.17) is 5.73 Å². The zero-order chi connectivity index (χ0) is 12.0. The molecule has 1 rings (SSSR count). The van der Waals surface area contributed by atoms with Crippen LogP contribution in [0.2, 0.25) is 0 Å². The Hall–Kier alpha value is -1.29. The van der Waals surface area contributed by atoms with Gasteiger partial charge in [0.05, 0.1) is 0 Å². The van der Waals surface area contributed by atoms with E-state index in [1.165, 1.54) is 0 Å². The number of rotatable bonds is 6. The minimum atomic E-state index is 0.587. The Bertz CT molecular complexity index is 312. The predicted octanol–water partition coefficient (Wildman–Crippen LogP) is 1.44. The predicted molar refractivity (Wildman–Crippen MR) is 69.7 cm³/mol. The lowest BCUT2D eigenvalue weighted by Crippen LogP contribution is -2.27. The Balaban J connectivity index is 2.53. The molecule has 4 heteroatoms. The van der Waals surface area contributed by atoms with Gasteiger partial charge in [-0.05, 0) is 46.1 Å². The largest absolute Gasteiger partial charge is 0.384 e. The van der Waals surface area contributed by atoms with Gasteiger partial charge in [-0.1, -0.05) is 6.07 Å². The highest BCUT2D eigenvalue weighted by Crippen LogP contribution is 2.12. The van der Waals surface area contributed by atoms with E-state index in [9.17, 15) is 0 Å². The van der Waals surface area contributed by atoms with Crippen molar-refractivity contribution in [1.29, 1.82) is 0 Å². The Morgan fingerprint density at radius 2 is 2.00 bits per heavy atom. The summed E-state index contributed by atoms with van der Waals surface area (Å²) in [7, 11) is 4.18. The molecular formula is C12H22N4. The molecule has 16 heavy (non-hydrogen) atoms. The summed E-state index contributed by atoms with van der Waals surface area (Å²) < 4.78 is 0. The van der Waals surface area contributed by atoms with Crippen molar-refractivity contribution in [3.05, 3.63) is 18.2 Å². The van der Waals surface area contributed by atoms with E-state index in [2.05, 4.69) is 35.8 Å². The fraction of sp³-hybridized carbons (Fsp3) is 0.583. The van der Waals surface area contributed by atoms with Gasteiger partial charge in [-0.2, -0.15) is 0 Å². The van der Waals surface area contributed by atoms with Gasteiger partial charge in [0.15, 0.2) is 0 Å². The topological polar surface area (TPSA) is 45.4 Å². The molecule has 0 fully saturated rings. The Morgan fingerprint density at radius 1 is 1.25 bits per heavy atom. The lowest BCUT2D eigenvalue weighted by molar-refractivity contribution is 0.400. The molecule has 1 aromatic heterocycles. The molecule has 0 bridgehead atoms. The zero-order valence-corrected chi connectivity index (χ0v) is 10.5. The van der Waals surface area contributed by atoms with Gasteiger partial charge in [0, 0.05) is 13.1 Å². The molecule has 0 radical (unpaired) electrons. The summed E-state index contributed by atoms with van der Waals surface area (Å²) in [6.07, 6.45) is 1.14. The van der Waals surface area contributed by atoms with Crippen molar-refractivity contribution in [2.45, 2.75) is 13.3 Å². The third kappa shape index (κ3) is 4.06. The van der Waals surface area contributed by atoms with Crippen LogP contribution in [-0.4, -0.2) is 43.6 Å². The zero-order valence-electron chi connectivity index (χ0n) is 10.5. The molecule has 0 aliphatic carbocycles. The molecule has 1 aromatic rings. The second-order valence-electron chi connectivity index (χ2n) is 4.16. The molecule has 0 saturated heterocycles. The van der Waals surface area contributed by atoms with Crippen LogP contribution in [-0.2, 0) is 0 Å². The van der Waals surface area contributed by atoms with Crippen LogP contribution in [0.25, 0.3) is 0 Å². The maximum absolute atomic E-state index is 5.68. The minimum absolute atomic E-state index is 0.587. The van der Waals surface area contributed by atoms with Crippen LogP contribution in [0.4, 0.5) is 11.6 Å². The molecule has 90 valence electrons. The average Bonchev–Trinajstić information content (AvgIpc) is 2.24. The summed E-state index contributed by atoms with van der Waals surface area (Å²) in [5.41, 5.74) is 5.68. The molecule has 0 amide bonds. The van der Waals surface area contributed by atoms with Gasteiger partial charge in [0.25, 0.3) is 0 Å². The first-order chi connectivity index (χ1) is 7.63. The van der Waals surface area contributed by atoms with Crippen LogP contribution in [0.5, 0.6) is 0 Å². The van der Waals surface area contributed by atoms with Crippen LogP contribution in [0, 0.1) is 0 Å². The Kier molecular flexibility index (Phi) is 5.05. The van der Waals surface area contributed by atoms with Crippen LogP contribution in [0.15, 0.2) is 18.2 Å². The van der Waals surface area contributed by atoms with E-state index in [1.54, 1.807) is 0 Å². The Labute approximate surface area is 98.1 Å². The van der Waals surface area contributed by atoms with E-state index in [-0.39, 0.29) is 0 Å². The number of aromatic nitrogens is 1. The van der Waals surface area contributed by atoms with Crippen LogP contribution >= 0.6 is 0 Å². The smallest absolute Gasteiger partial charge is 0.130 e. The van der Waals surface area contributed by atoms with Crippen molar-refractivity contribution in [3.8, 4) is 0 Å². The fourth-order valence-electron chi connectivity index (χ4n) is 1.63. The summed E-state index contributed by atoms with van der Waals surface area (Å²) in [6.45, 7) is 5.22. The molecule has 2 N–H and O–H groups in total. The summed E-state index contributed by atoms with van der Waals surface area (Å²) in [5, 5.41) is 0. The second kappa shape index (κ2) is 6.33. The third-order valence-electron chi connectivity index (χ3n) is 2.50. The molecule has 0 atom stereocenters. The number of nitrogens with two attached hydrogens (primary N) is 1. The van der Waals surface area contributed by atoms with E-state index in [0.717, 1.165) is 31.9 Å². The summed E-state index contributed by atoms with van der Waals surface area (Å²) in [4.78, 5) is 8.78. The number of nitrogens with zero attached hydrogens (tertiary/aromatic N) is 3. The molecular weight excluding hydrogens is 200 g/mol. The van der Waals surface area contributed by atoms with Crippen molar-refractivity contribution >= 4 is 11.6 Å². The monoisotopic (exact) mass is 222 g/mol. The molecule has 0 saturated carbocycles. The SMILES string of the molecule is CCN(CCCN(C)C)c1cccc(N)n1. The molecule has 0 aliphatic heterocycles. The molecule has 0 aliphatic rings. The number of pyridine rings is 1. The molecule has 0 aromatic carbocycles. The van der Waals surface area contributed by atoms with Gasteiger partial charge in [-0.3, -0.25) is 0 Å². The van der Waals surface area contributed by atoms with Crippen LogP contribution in [0.1, 0.15) is 13.3 Å². The number of hydrogen-bond donors (Lipinski definition) is 1. The van der Waals surface area contributed by atoms with Crippen LogP contribution < -0.4 is 10.6 Å². The summed E-state index contributed by atoms with van der Waals surface area (Å²) >= 11 is 0. The van der Waals surface area contributed by atoms with Crippen molar-refractivity contribution in [2.24, 2.45) is 0 Å². The third-order valence-corrected chi connectivity index (χ3v) is 2.50. The molecule has 0 spiro atoms. The molecule has 4 nitrogen and oxygen atoms in total. The van der Waals surface area contributed by atoms with Gasteiger partial charge in [-0.15, -0.1) is 0 Å². The quantitative estimate of drug-likeness (QED) is 0.791. The summed E-state index contributed by atoms with van der Waals surface area (Å²) in [5.74, 6) is 1.56. The molecule has 1 heterocycles. The van der Waals surface area contributed by atoms with Gasteiger partial charge in [0.1, 0.15) is 11.6 Å². The first-order valence-corrected chi connectivity index (χ1v) is 5.75. The number of hydrogen-bond acceptors (Lipinski definition) is 4. The van der Waals surface area contributed by atoms with Crippen molar-refractivity contribution in [3.63, 3.8) is 0 Å². The highest BCUT2D eigenvalue weighted by Gasteiger charge is 2.05. The van der Waals surface area contributed by atoms with Crippen LogP contribution in [0.3, 0.4) is 0 Å². The fourth-order valence-corrected chi connectivity index (χ4v) is 1.63. The number of nitrogen functional groups attached to an aromatic ring is 1.